The van der Waals surface area contributed by atoms with Gasteiger partial charge in [0.2, 0.25) is 0 Å². The summed E-state index contributed by atoms with van der Waals surface area (Å²) in [5, 5.41) is 0. The van der Waals surface area contributed by atoms with Crippen LogP contribution in [0, 0.1) is 5.92 Å². The van der Waals surface area contributed by atoms with Crippen LogP contribution in [-0.4, -0.2) is 29.6 Å². The molecule has 2 aromatic rings. The van der Waals surface area contributed by atoms with E-state index in [1.165, 1.54) is 5.56 Å². The van der Waals surface area contributed by atoms with Gasteiger partial charge >= 0.3 is 6.16 Å². The number of imide groups is 1. The van der Waals surface area contributed by atoms with E-state index >= 15 is 0 Å². The van der Waals surface area contributed by atoms with Gasteiger partial charge in [-0.1, -0.05) is 50.2 Å². The highest BCUT2D eigenvalue weighted by Crippen LogP contribution is 2.23. The van der Waals surface area contributed by atoms with Crippen molar-refractivity contribution in [2.75, 3.05) is 6.73 Å². The fraction of sp³-hybridized carbons (Fsp3) is 0.318. The van der Waals surface area contributed by atoms with E-state index < -0.39 is 30.8 Å². The van der Waals surface area contributed by atoms with Crippen molar-refractivity contribution in [1.82, 2.24) is 4.90 Å². The number of carbonyl (C=O) groups is 3. The average Bonchev–Trinajstić information content (AvgIpc) is 2.91. The maximum Gasteiger partial charge on any atom is 0.510 e. The zero-order valence-electron chi connectivity index (χ0n) is 16.2. The van der Waals surface area contributed by atoms with E-state index in [9.17, 15) is 14.4 Å². The summed E-state index contributed by atoms with van der Waals surface area (Å²) in [7, 11) is 0. The molecule has 1 atom stereocenters. The van der Waals surface area contributed by atoms with Crippen LogP contribution in [0.1, 0.15) is 58.7 Å². The Hall–Kier alpha value is -3.15. The van der Waals surface area contributed by atoms with Gasteiger partial charge in [0, 0.05) is 0 Å². The smallest absolute Gasteiger partial charge is 0.426 e. The minimum Gasteiger partial charge on any atom is -0.426 e. The lowest BCUT2D eigenvalue weighted by Crippen LogP contribution is -2.33. The Morgan fingerprint density at radius 1 is 0.929 bits per heavy atom. The fourth-order valence-corrected chi connectivity index (χ4v) is 3.12. The standard InChI is InChI=1S/C22H23NO5/c1-14(2)12-16-8-10-17(11-9-16)15(3)28-22(26)27-13-23-20(24)18-6-4-5-7-19(18)21(23)25/h4-11,14-15H,12-13H2,1-3H3. The number of benzene rings is 2. The van der Waals surface area contributed by atoms with Crippen molar-refractivity contribution in [2.24, 2.45) is 5.92 Å². The van der Waals surface area contributed by atoms with Crippen molar-refractivity contribution in [2.45, 2.75) is 33.3 Å². The third-order valence-corrected chi connectivity index (χ3v) is 4.56. The summed E-state index contributed by atoms with van der Waals surface area (Å²) in [5.74, 6) is -0.402. The number of nitrogens with zero attached hydrogens (tertiary/aromatic N) is 1. The third-order valence-electron chi connectivity index (χ3n) is 4.56. The van der Waals surface area contributed by atoms with Crippen LogP contribution in [0.2, 0.25) is 0 Å². The maximum atomic E-state index is 12.2. The Bertz CT molecular complexity index is 853. The van der Waals surface area contributed by atoms with Gasteiger partial charge in [0.05, 0.1) is 11.1 Å². The van der Waals surface area contributed by atoms with E-state index in [2.05, 4.69) is 13.8 Å². The molecule has 146 valence electrons. The Labute approximate surface area is 164 Å². The van der Waals surface area contributed by atoms with Crippen LogP contribution in [0.15, 0.2) is 48.5 Å². The van der Waals surface area contributed by atoms with Crippen LogP contribution >= 0.6 is 0 Å². The van der Waals surface area contributed by atoms with Crippen molar-refractivity contribution in [3.8, 4) is 0 Å². The van der Waals surface area contributed by atoms with Gasteiger partial charge in [-0.15, -0.1) is 0 Å². The van der Waals surface area contributed by atoms with Crippen LogP contribution < -0.4 is 0 Å². The zero-order valence-corrected chi connectivity index (χ0v) is 16.2. The number of hydrogen-bond donors (Lipinski definition) is 0. The molecule has 2 amide bonds. The van der Waals surface area contributed by atoms with Gasteiger partial charge in [0.15, 0.2) is 6.73 Å². The molecule has 0 fully saturated rings. The van der Waals surface area contributed by atoms with E-state index in [4.69, 9.17) is 9.47 Å². The predicted molar refractivity (Wildman–Crippen MR) is 103 cm³/mol. The first-order valence-corrected chi connectivity index (χ1v) is 9.24. The van der Waals surface area contributed by atoms with Crippen molar-refractivity contribution in [3.63, 3.8) is 0 Å². The highest BCUT2D eigenvalue weighted by atomic mass is 16.7. The third kappa shape index (κ3) is 4.22. The fourth-order valence-electron chi connectivity index (χ4n) is 3.12. The minimum absolute atomic E-state index is 0.305. The molecule has 0 aromatic heterocycles. The largest absolute Gasteiger partial charge is 0.510 e. The Morgan fingerprint density at radius 2 is 1.50 bits per heavy atom. The molecule has 1 aliphatic heterocycles. The summed E-state index contributed by atoms with van der Waals surface area (Å²) in [4.78, 5) is 37.4. The molecule has 6 heteroatoms. The number of amides is 2. The van der Waals surface area contributed by atoms with Crippen molar-refractivity contribution >= 4 is 18.0 Å². The normalized spacial score (nSPS) is 14.2. The lowest BCUT2D eigenvalue weighted by atomic mass is 10.0. The van der Waals surface area contributed by atoms with Gasteiger partial charge in [-0.3, -0.25) is 9.59 Å². The van der Waals surface area contributed by atoms with Gasteiger partial charge in [0.25, 0.3) is 11.8 Å². The van der Waals surface area contributed by atoms with E-state index in [-0.39, 0.29) is 0 Å². The minimum atomic E-state index is -0.935. The molecule has 1 unspecified atom stereocenters. The number of fused-ring (bicyclic) bond motifs is 1. The highest BCUT2D eigenvalue weighted by molar-refractivity contribution is 6.21. The number of ether oxygens (including phenoxy) is 2. The molecule has 0 N–H and O–H groups in total. The van der Waals surface area contributed by atoms with Crippen molar-refractivity contribution < 1.29 is 23.9 Å². The van der Waals surface area contributed by atoms with Crippen LogP contribution in [0.5, 0.6) is 0 Å². The molecular weight excluding hydrogens is 358 g/mol. The second-order valence-corrected chi connectivity index (χ2v) is 7.21. The van der Waals surface area contributed by atoms with Gasteiger partial charge < -0.3 is 9.47 Å². The van der Waals surface area contributed by atoms with E-state index in [0.29, 0.717) is 17.0 Å². The number of hydrogen-bond acceptors (Lipinski definition) is 5. The predicted octanol–water partition coefficient (Wildman–Crippen LogP) is 4.35. The van der Waals surface area contributed by atoms with Crippen LogP contribution in [0.3, 0.4) is 0 Å². The van der Waals surface area contributed by atoms with E-state index in [1.807, 2.05) is 24.3 Å². The summed E-state index contributed by atoms with van der Waals surface area (Å²) in [6.07, 6.45) is -0.462. The maximum absolute atomic E-state index is 12.2. The quantitative estimate of drug-likeness (QED) is 0.549. The molecule has 3 rings (SSSR count). The number of carbonyl (C=O) groups excluding carboxylic acids is 3. The van der Waals surface area contributed by atoms with Gasteiger partial charge in [-0.25, -0.2) is 9.69 Å². The van der Waals surface area contributed by atoms with E-state index in [1.54, 1.807) is 31.2 Å². The molecule has 6 nitrogen and oxygen atoms in total. The molecule has 2 aromatic carbocycles. The molecule has 1 aliphatic rings. The van der Waals surface area contributed by atoms with Gasteiger partial charge in [0.1, 0.15) is 6.10 Å². The first-order valence-electron chi connectivity index (χ1n) is 9.24. The Kier molecular flexibility index (Phi) is 5.78. The second kappa shape index (κ2) is 8.25. The number of rotatable bonds is 6. The Morgan fingerprint density at radius 3 is 2.04 bits per heavy atom. The summed E-state index contributed by atoms with van der Waals surface area (Å²) < 4.78 is 10.2. The zero-order chi connectivity index (χ0) is 20.3. The van der Waals surface area contributed by atoms with Crippen LogP contribution in [-0.2, 0) is 15.9 Å². The molecule has 28 heavy (non-hydrogen) atoms. The molecule has 0 aliphatic carbocycles. The molecule has 0 bridgehead atoms. The summed E-state index contributed by atoms with van der Waals surface area (Å²) in [5.41, 5.74) is 2.67. The van der Waals surface area contributed by atoms with Crippen molar-refractivity contribution in [3.05, 3.63) is 70.8 Å². The molecule has 0 saturated carbocycles. The SMILES string of the molecule is CC(C)Cc1ccc(C(C)OC(=O)OCN2C(=O)c3ccccc3C2=O)cc1. The second-order valence-electron chi connectivity index (χ2n) is 7.21. The topological polar surface area (TPSA) is 72.9 Å². The lowest BCUT2D eigenvalue weighted by molar-refractivity contribution is 0.00217. The molecule has 0 radical (unpaired) electrons. The van der Waals surface area contributed by atoms with Gasteiger partial charge in [-0.05, 0) is 42.5 Å². The van der Waals surface area contributed by atoms with Crippen LogP contribution in [0.25, 0.3) is 0 Å². The molecule has 0 spiro atoms. The monoisotopic (exact) mass is 381 g/mol. The molecule has 0 saturated heterocycles. The average molecular weight is 381 g/mol. The lowest BCUT2D eigenvalue weighted by Gasteiger charge is -2.17. The van der Waals surface area contributed by atoms with Gasteiger partial charge in [-0.2, -0.15) is 0 Å². The first kappa shape index (κ1) is 19.6. The first-order chi connectivity index (χ1) is 13.4. The van der Waals surface area contributed by atoms with E-state index in [0.717, 1.165) is 16.9 Å². The van der Waals surface area contributed by atoms with Crippen molar-refractivity contribution in [1.29, 1.82) is 0 Å². The molecular formula is C22H23NO5. The molecule has 1 heterocycles. The summed E-state index contributed by atoms with van der Waals surface area (Å²) in [6.45, 7) is 5.57. The summed E-state index contributed by atoms with van der Waals surface area (Å²) in [6, 6.07) is 14.4. The Balaban J connectivity index is 1.53. The summed E-state index contributed by atoms with van der Waals surface area (Å²) >= 11 is 0. The highest BCUT2D eigenvalue weighted by Gasteiger charge is 2.36. The van der Waals surface area contributed by atoms with Crippen LogP contribution in [0.4, 0.5) is 4.79 Å².